The van der Waals surface area contributed by atoms with Crippen LogP contribution in [0.2, 0.25) is 0 Å². The Morgan fingerprint density at radius 1 is 1.06 bits per heavy atom. The van der Waals surface area contributed by atoms with E-state index < -0.39 is 4.92 Å². The predicted octanol–water partition coefficient (Wildman–Crippen LogP) is 3.48. The number of hydrogen-bond acceptors (Lipinski definition) is 3. The van der Waals surface area contributed by atoms with E-state index in [1.54, 1.807) is 18.2 Å². The number of nitro groups is 1. The minimum atomic E-state index is -0.466. The molecular formula is C12H9FN2O2. The summed E-state index contributed by atoms with van der Waals surface area (Å²) in [6.45, 7) is 0. The van der Waals surface area contributed by atoms with Gasteiger partial charge in [0.15, 0.2) is 0 Å². The molecule has 0 amide bonds. The second kappa shape index (κ2) is 4.61. The fraction of sp³-hybridized carbons (Fsp3) is 0. The van der Waals surface area contributed by atoms with Crippen LogP contribution in [0.25, 0.3) is 0 Å². The highest BCUT2D eigenvalue weighted by atomic mass is 19.1. The van der Waals surface area contributed by atoms with Gasteiger partial charge in [-0.1, -0.05) is 12.1 Å². The number of nitro benzene ring substituents is 1. The molecule has 1 N–H and O–H groups in total. The lowest BCUT2D eigenvalue weighted by Gasteiger charge is -2.06. The summed E-state index contributed by atoms with van der Waals surface area (Å²) in [5.41, 5.74) is 0.960. The fourth-order valence-corrected chi connectivity index (χ4v) is 1.43. The molecule has 0 aliphatic rings. The Morgan fingerprint density at radius 3 is 2.35 bits per heavy atom. The molecule has 0 saturated heterocycles. The van der Waals surface area contributed by atoms with Gasteiger partial charge in [-0.2, -0.15) is 0 Å². The third-order valence-electron chi connectivity index (χ3n) is 2.22. The zero-order valence-electron chi connectivity index (χ0n) is 8.76. The highest BCUT2D eigenvalue weighted by Gasteiger charge is 2.11. The Kier molecular flexibility index (Phi) is 3.00. The molecule has 86 valence electrons. The minimum Gasteiger partial charge on any atom is -0.350 e. The molecule has 0 spiro atoms. The van der Waals surface area contributed by atoms with Gasteiger partial charge in [-0.15, -0.1) is 0 Å². The molecule has 0 radical (unpaired) electrons. The lowest BCUT2D eigenvalue weighted by molar-refractivity contribution is -0.383. The Hall–Kier alpha value is -2.43. The lowest BCUT2D eigenvalue weighted by Crippen LogP contribution is -1.96. The molecule has 0 atom stereocenters. The van der Waals surface area contributed by atoms with Gasteiger partial charge >= 0.3 is 0 Å². The van der Waals surface area contributed by atoms with Crippen LogP contribution in [-0.4, -0.2) is 4.92 Å². The number of anilines is 2. The molecule has 5 heteroatoms. The van der Waals surface area contributed by atoms with E-state index in [9.17, 15) is 14.5 Å². The van der Waals surface area contributed by atoms with Gasteiger partial charge in [-0.3, -0.25) is 10.1 Å². The van der Waals surface area contributed by atoms with Crippen molar-refractivity contribution in [3.05, 3.63) is 64.5 Å². The Bertz CT molecular complexity index is 540. The van der Waals surface area contributed by atoms with Crippen molar-refractivity contribution in [1.29, 1.82) is 0 Å². The largest absolute Gasteiger partial charge is 0.350 e. The van der Waals surface area contributed by atoms with Crippen LogP contribution in [0.4, 0.5) is 21.5 Å². The van der Waals surface area contributed by atoms with E-state index in [0.29, 0.717) is 11.4 Å². The summed E-state index contributed by atoms with van der Waals surface area (Å²) in [7, 11) is 0. The Labute approximate surface area is 96.9 Å². The van der Waals surface area contributed by atoms with E-state index in [2.05, 4.69) is 5.32 Å². The molecule has 0 fully saturated rings. The van der Waals surface area contributed by atoms with Crippen molar-refractivity contribution >= 4 is 17.1 Å². The molecule has 2 rings (SSSR count). The third kappa shape index (κ3) is 2.57. The summed E-state index contributed by atoms with van der Waals surface area (Å²) >= 11 is 0. The van der Waals surface area contributed by atoms with Crippen LogP contribution in [0.5, 0.6) is 0 Å². The number of hydrogen-bond donors (Lipinski definition) is 1. The average Bonchev–Trinajstić information content (AvgIpc) is 2.32. The first-order valence-electron chi connectivity index (χ1n) is 4.93. The molecule has 0 aromatic heterocycles. The fourth-order valence-electron chi connectivity index (χ4n) is 1.43. The zero-order chi connectivity index (χ0) is 12.3. The summed E-state index contributed by atoms with van der Waals surface area (Å²) in [6, 6.07) is 11.9. The predicted molar refractivity (Wildman–Crippen MR) is 62.8 cm³/mol. The number of rotatable bonds is 3. The highest BCUT2D eigenvalue weighted by molar-refractivity contribution is 5.69. The Balaban J connectivity index is 2.30. The van der Waals surface area contributed by atoms with Crippen LogP contribution in [0, 0.1) is 15.9 Å². The number of nitrogens with one attached hydrogen (secondary N) is 1. The van der Waals surface area contributed by atoms with Crippen LogP contribution in [0.3, 0.4) is 0 Å². The molecule has 17 heavy (non-hydrogen) atoms. The highest BCUT2D eigenvalue weighted by Crippen LogP contribution is 2.26. The van der Waals surface area contributed by atoms with E-state index >= 15 is 0 Å². The van der Waals surface area contributed by atoms with E-state index in [-0.39, 0.29) is 11.5 Å². The second-order valence-electron chi connectivity index (χ2n) is 3.41. The molecule has 0 bridgehead atoms. The van der Waals surface area contributed by atoms with Crippen molar-refractivity contribution < 1.29 is 9.31 Å². The van der Waals surface area contributed by atoms with Crippen molar-refractivity contribution in [2.24, 2.45) is 0 Å². The van der Waals surface area contributed by atoms with E-state index in [1.165, 1.54) is 30.3 Å². The van der Waals surface area contributed by atoms with E-state index in [1.807, 2.05) is 0 Å². The number of halogens is 1. The molecule has 0 aliphatic heterocycles. The number of benzene rings is 2. The maximum absolute atomic E-state index is 12.7. The number of para-hydroxylation sites is 2. The van der Waals surface area contributed by atoms with Gasteiger partial charge in [0.2, 0.25) is 0 Å². The first-order valence-corrected chi connectivity index (χ1v) is 4.93. The molecule has 2 aromatic carbocycles. The lowest BCUT2D eigenvalue weighted by atomic mass is 10.2. The molecule has 0 saturated carbocycles. The summed E-state index contributed by atoms with van der Waals surface area (Å²) < 4.78 is 12.7. The Morgan fingerprint density at radius 2 is 1.71 bits per heavy atom. The van der Waals surface area contributed by atoms with Crippen LogP contribution in [0.1, 0.15) is 0 Å². The first-order chi connectivity index (χ1) is 8.16. The summed E-state index contributed by atoms with van der Waals surface area (Å²) in [5, 5.41) is 13.6. The molecular weight excluding hydrogens is 223 g/mol. The van der Waals surface area contributed by atoms with Gasteiger partial charge in [0.1, 0.15) is 11.5 Å². The molecule has 0 aliphatic carbocycles. The summed E-state index contributed by atoms with van der Waals surface area (Å²) in [4.78, 5) is 10.3. The van der Waals surface area contributed by atoms with Crippen molar-refractivity contribution in [3.63, 3.8) is 0 Å². The number of nitrogens with zero attached hydrogens (tertiary/aromatic N) is 1. The van der Waals surface area contributed by atoms with Gasteiger partial charge in [0, 0.05) is 11.8 Å². The molecule has 0 heterocycles. The maximum atomic E-state index is 12.7. The van der Waals surface area contributed by atoms with Gasteiger partial charge in [0.05, 0.1) is 4.92 Å². The zero-order valence-corrected chi connectivity index (χ0v) is 8.76. The minimum absolute atomic E-state index is 0.0168. The van der Waals surface area contributed by atoms with Gasteiger partial charge in [-0.05, 0) is 30.3 Å². The van der Waals surface area contributed by atoms with E-state index in [4.69, 9.17) is 0 Å². The normalized spacial score (nSPS) is 9.94. The van der Waals surface area contributed by atoms with Crippen LogP contribution < -0.4 is 5.32 Å². The second-order valence-corrected chi connectivity index (χ2v) is 3.41. The summed E-state index contributed by atoms with van der Waals surface area (Å²) in [5.74, 6) is -0.349. The van der Waals surface area contributed by atoms with Crippen LogP contribution >= 0.6 is 0 Å². The third-order valence-corrected chi connectivity index (χ3v) is 2.22. The van der Waals surface area contributed by atoms with Crippen molar-refractivity contribution in [3.8, 4) is 0 Å². The molecule has 0 unspecified atom stereocenters. The molecule has 4 nitrogen and oxygen atoms in total. The van der Waals surface area contributed by atoms with Gasteiger partial charge < -0.3 is 5.32 Å². The van der Waals surface area contributed by atoms with Crippen LogP contribution in [-0.2, 0) is 0 Å². The quantitative estimate of drug-likeness (QED) is 0.651. The maximum Gasteiger partial charge on any atom is 0.292 e. The average molecular weight is 232 g/mol. The van der Waals surface area contributed by atoms with Crippen molar-refractivity contribution in [2.45, 2.75) is 0 Å². The monoisotopic (exact) mass is 232 g/mol. The molecule has 2 aromatic rings. The van der Waals surface area contributed by atoms with Gasteiger partial charge in [-0.25, -0.2) is 4.39 Å². The smallest absolute Gasteiger partial charge is 0.292 e. The topological polar surface area (TPSA) is 55.2 Å². The van der Waals surface area contributed by atoms with Gasteiger partial charge in [0.25, 0.3) is 5.69 Å². The summed E-state index contributed by atoms with van der Waals surface area (Å²) in [6.07, 6.45) is 0. The van der Waals surface area contributed by atoms with Crippen LogP contribution in [0.15, 0.2) is 48.5 Å². The SMILES string of the molecule is O=[N+]([O-])c1ccccc1Nc1ccc(F)cc1. The standard InChI is InChI=1S/C12H9FN2O2/c13-9-5-7-10(8-6-9)14-11-3-1-2-4-12(11)15(16)17/h1-8,14H. The van der Waals surface area contributed by atoms with E-state index in [0.717, 1.165) is 0 Å². The van der Waals surface area contributed by atoms with Crippen molar-refractivity contribution in [1.82, 2.24) is 0 Å². The van der Waals surface area contributed by atoms with Crippen molar-refractivity contribution in [2.75, 3.05) is 5.32 Å². The first kappa shape index (κ1) is 11.1.